The first-order valence-corrected chi connectivity index (χ1v) is 7.79. The lowest BCUT2D eigenvalue weighted by Crippen LogP contribution is -2.46. The van der Waals surface area contributed by atoms with Crippen molar-refractivity contribution in [3.05, 3.63) is 20.8 Å². The summed E-state index contributed by atoms with van der Waals surface area (Å²) in [6, 6.07) is 3.97. The fourth-order valence-electron chi connectivity index (χ4n) is 1.96. The molecule has 0 aliphatic carbocycles. The summed E-state index contributed by atoms with van der Waals surface area (Å²) in [4.78, 5) is 15.2. The van der Waals surface area contributed by atoms with Gasteiger partial charge in [-0.2, -0.15) is 0 Å². The van der Waals surface area contributed by atoms with Gasteiger partial charge in [0.1, 0.15) is 0 Å². The van der Waals surface area contributed by atoms with Crippen LogP contribution in [0.15, 0.2) is 15.9 Å². The van der Waals surface area contributed by atoms with E-state index in [0.717, 1.165) is 47.9 Å². The Balaban J connectivity index is 1.62. The second-order valence-corrected chi connectivity index (χ2v) is 6.87. The van der Waals surface area contributed by atoms with E-state index in [-0.39, 0.29) is 5.91 Å². The molecule has 1 aliphatic heterocycles. The fraction of sp³-hybridized carbons (Fsp3) is 0.583. The predicted molar refractivity (Wildman–Crippen MR) is 78.0 cm³/mol. The lowest BCUT2D eigenvalue weighted by atomic mass is 10.3. The molecule has 0 bridgehead atoms. The standard InChI is InChI=1S/C12H18BrN3OS/c13-11-2-1-10(18-11)9-12(17)15-5-8-16-6-3-14-4-7-16/h1-2,14H,3-9H2,(H,15,17). The van der Waals surface area contributed by atoms with Crippen molar-refractivity contribution in [1.29, 1.82) is 0 Å². The van der Waals surface area contributed by atoms with Gasteiger partial charge in [0.05, 0.1) is 10.2 Å². The molecule has 4 nitrogen and oxygen atoms in total. The number of carbonyl (C=O) groups is 1. The number of carbonyl (C=O) groups excluding carboxylic acids is 1. The number of thiophene rings is 1. The zero-order valence-corrected chi connectivity index (χ0v) is 12.6. The number of halogens is 1. The van der Waals surface area contributed by atoms with E-state index in [0.29, 0.717) is 6.42 Å². The Morgan fingerprint density at radius 3 is 2.89 bits per heavy atom. The molecule has 100 valence electrons. The minimum absolute atomic E-state index is 0.111. The van der Waals surface area contributed by atoms with Crippen LogP contribution in [0.5, 0.6) is 0 Å². The number of nitrogens with zero attached hydrogens (tertiary/aromatic N) is 1. The van der Waals surface area contributed by atoms with Crippen LogP contribution in [0.2, 0.25) is 0 Å². The van der Waals surface area contributed by atoms with E-state index in [4.69, 9.17) is 0 Å². The predicted octanol–water partition coefficient (Wildman–Crippen LogP) is 1.07. The topological polar surface area (TPSA) is 44.4 Å². The Hall–Kier alpha value is -0.430. The Bertz CT molecular complexity index is 390. The summed E-state index contributed by atoms with van der Waals surface area (Å²) in [6.45, 7) is 5.95. The van der Waals surface area contributed by atoms with Crippen molar-refractivity contribution in [3.8, 4) is 0 Å². The van der Waals surface area contributed by atoms with Crippen LogP contribution < -0.4 is 10.6 Å². The molecule has 1 saturated heterocycles. The van der Waals surface area contributed by atoms with Gasteiger partial charge in [0.25, 0.3) is 0 Å². The molecule has 2 heterocycles. The summed E-state index contributed by atoms with van der Waals surface area (Å²) in [5.41, 5.74) is 0. The number of piperazine rings is 1. The smallest absolute Gasteiger partial charge is 0.225 e. The molecule has 1 amide bonds. The maximum Gasteiger partial charge on any atom is 0.225 e. The molecule has 1 fully saturated rings. The van der Waals surface area contributed by atoms with Crippen molar-refractivity contribution >= 4 is 33.2 Å². The molecule has 1 aliphatic rings. The highest BCUT2D eigenvalue weighted by atomic mass is 79.9. The molecule has 1 aromatic rings. The van der Waals surface area contributed by atoms with Crippen molar-refractivity contribution < 1.29 is 4.79 Å². The normalized spacial score (nSPS) is 16.7. The molecule has 6 heteroatoms. The summed E-state index contributed by atoms with van der Waals surface area (Å²) < 4.78 is 1.08. The van der Waals surface area contributed by atoms with Crippen molar-refractivity contribution in [3.63, 3.8) is 0 Å². The van der Waals surface area contributed by atoms with Crippen LogP contribution in [-0.2, 0) is 11.2 Å². The first-order chi connectivity index (χ1) is 8.74. The van der Waals surface area contributed by atoms with Gasteiger partial charge >= 0.3 is 0 Å². The third kappa shape index (κ3) is 4.68. The molecule has 0 radical (unpaired) electrons. The minimum Gasteiger partial charge on any atom is -0.355 e. The number of hydrogen-bond donors (Lipinski definition) is 2. The van der Waals surface area contributed by atoms with Crippen LogP contribution in [0.1, 0.15) is 4.88 Å². The van der Waals surface area contributed by atoms with E-state index in [2.05, 4.69) is 31.5 Å². The lowest BCUT2D eigenvalue weighted by molar-refractivity contribution is -0.120. The second kappa shape index (κ2) is 7.23. The highest BCUT2D eigenvalue weighted by molar-refractivity contribution is 9.11. The summed E-state index contributed by atoms with van der Waals surface area (Å²) in [7, 11) is 0. The Kier molecular flexibility index (Phi) is 5.62. The Morgan fingerprint density at radius 2 is 2.22 bits per heavy atom. The van der Waals surface area contributed by atoms with Gasteiger partial charge in [-0.1, -0.05) is 0 Å². The molecular formula is C12H18BrN3OS. The van der Waals surface area contributed by atoms with E-state index in [9.17, 15) is 4.79 Å². The van der Waals surface area contributed by atoms with Crippen molar-refractivity contribution in [1.82, 2.24) is 15.5 Å². The molecule has 0 saturated carbocycles. The van der Waals surface area contributed by atoms with Gasteiger partial charge in [0, 0.05) is 44.1 Å². The number of hydrogen-bond acceptors (Lipinski definition) is 4. The quantitative estimate of drug-likeness (QED) is 0.848. The van der Waals surface area contributed by atoms with Gasteiger partial charge in [0.2, 0.25) is 5.91 Å². The van der Waals surface area contributed by atoms with E-state index >= 15 is 0 Å². The average molecular weight is 332 g/mol. The van der Waals surface area contributed by atoms with Gasteiger partial charge in [-0.15, -0.1) is 11.3 Å². The number of rotatable bonds is 5. The zero-order valence-electron chi connectivity index (χ0n) is 10.2. The molecule has 0 atom stereocenters. The Morgan fingerprint density at radius 1 is 1.44 bits per heavy atom. The van der Waals surface area contributed by atoms with Crippen LogP contribution in [0.3, 0.4) is 0 Å². The van der Waals surface area contributed by atoms with Gasteiger partial charge in [-0.3, -0.25) is 9.69 Å². The number of nitrogens with one attached hydrogen (secondary N) is 2. The SMILES string of the molecule is O=C(Cc1ccc(Br)s1)NCCN1CCNCC1. The monoisotopic (exact) mass is 331 g/mol. The first-order valence-electron chi connectivity index (χ1n) is 6.18. The van der Waals surface area contributed by atoms with Crippen LogP contribution in [0.25, 0.3) is 0 Å². The largest absolute Gasteiger partial charge is 0.355 e. The van der Waals surface area contributed by atoms with Crippen LogP contribution in [0.4, 0.5) is 0 Å². The summed E-state index contributed by atoms with van der Waals surface area (Å²) in [5, 5.41) is 6.29. The van der Waals surface area contributed by atoms with Gasteiger partial charge in [0.15, 0.2) is 0 Å². The lowest BCUT2D eigenvalue weighted by Gasteiger charge is -2.27. The summed E-state index contributed by atoms with van der Waals surface area (Å²) in [5.74, 6) is 0.111. The highest BCUT2D eigenvalue weighted by Crippen LogP contribution is 2.22. The second-order valence-electron chi connectivity index (χ2n) is 4.32. The van der Waals surface area contributed by atoms with Crippen molar-refractivity contribution in [2.75, 3.05) is 39.3 Å². The Labute approximate surface area is 120 Å². The van der Waals surface area contributed by atoms with Gasteiger partial charge in [-0.05, 0) is 28.1 Å². The van der Waals surface area contributed by atoms with E-state index in [1.807, 2.05) is 12.1 Å². The summed E-state index contributed by atoms with van der Waals surface area (Å²) >= 11 is 5.02. The average Bonchev–Trinajstić information content (AvgIpc) is 2.76. The molecule has 0 spiro atoms. The van der Waals surface area contributed by atoms with Crippen LogP contribution in [-0.4, -0.2) is 50.1 Å². The third-order valence-electron chi connectivity index (χ3n) is 2.92. The molecule has 18 heavy (non-hydrogen) atoms. The van der Waals surface area contributed by atoms with Crippen molar-refractivity contribution in [2.45, 2.75) is 6.42 Å². The highest BCUT2D eigenvalue weighted by Gasteiger charge is 2.10. The summed E-state index contributed by atoms with van der Waals surface area (Å²) in [6.07, 6.45) is 0.484. The molecule has 2 N–H and O–H groups in total. The molecule has 2 rings (SSSR count). The number of amides is 1. The zero-order chi connectivity index (χ0) is 12.8. The maximum atomic E-state index is 11.7. The van der Waals surface area contributed by atoms with Gasteiger partial charge < -0.3 is 10.6 Å². The minimum atomic E-state index is 0.111. The third-order valence-corrected chi connectivity index (χ3v) is 4.55. The van der Waals surface area contributed by atoms with Crippen molar-refractivity contribution in [2.24, 2.45) is 0 Å². The molecular weight excluding hydrogens is 314 g/mol. The van der Waals surface area contributed by atoms with E-state index < -0.39 is 0 Å². The van der Waals surface area contributed by atoms with Crippen LogP contribution >= 0.6 is 27.3 Å². The van der Waals surface area contributed by atoms with Gasteiger partial charge in [-0.25, -0.2) is 0 Å². The van der Waals surface area contributed by atoms with Crippen LogP contribution in [0, 0.1) is 0 Å². The van der Waals surface area contributed by atoms with E-state index in [1.165, 1.54) is 0 Å². The molecule has 0 aromatic carbocycles. The van der Waals surface area contributed by atoms with E-state index in [1.54, 1.807) is 11.3 Å². The first kappa shape index (κ1) is 14.0. The fourth-order valence-corrected chi connectivity index (χ4v) is 3.44. The molecule has 0 unspecified atom stereocenters. The molecule has 1 aromatic heterocycles. The maximum absolute atomic E-state index is 11.7.